The van der Waals surface area contributed by atoms with E-state index in [4.69, 9.17) is 0 Å². The van der Waals surface area contributed by atoms with Crippen molar-refractivity contribution in [3.05, 3.63) is 21.9 Å². The van der Waals surface area contributed by atoms with Crippen LogP contribution in [0.1, 0.15) is 35.2 Å². The molecule has 1 amide bonds. The van der Waals surface area contributed by atoms with E-state index in [0.29, 0.717) is 5.56 Å². The van der Waals surface area contributed by atoms with Crippen LogP contribution in [0.3, 0.4) is 0 Å². The number of amides is 1. The molecule has 70 valence electrons. The molecular formula is C9H11NO2S. The molecule has 0 saturated heterocycles. The number of aliphatic hydroxyl groups is 1. The van der Waals surface area contributed by atoms with Gasteiger partial charge in [0.15, 0.2) is 0 Å². The second-order valence-electron chi connectivity index (χ2n) is 3.78. The number of carbonyl (C=O) groups is 1. The van der Waals surface area contributed by atoms with Crippen molar-refractivity contribution in [3.63, 3.8) is 0 Å². The van der Waals surface area contributed by atoms with E-state index in [0.717, 1.165) is 4.88 Å². The lowest BCUT2D eigenvalue weighted by atomic mass is 9.90. The maximum Gasteiger partial charge on any atom is 0.253 e. The molecular weight excluding hydrogens is 186 g/mol. The van der Waals surface area contributed by atoms with Crippen LogP contribution in [0, 0.1) is 0 Å². The first kappa shape index (κ1) is 8.72. The summed E-state index contributed by atoms with van der Waals surface area (Å²) in [6.45, 7) is 3.64. The normalized spacial score (nSPS) is 25.2. The van der Waals surface area contributed by atoms with Crippen LogP contribution < -0.4 is 5.32 Å². The Balaban J connectivity index is 2.54. The molecule has 0 bridgehead atoms. The Kier molecular flexibility index (Phi) is 1.72. The predicted molar refractivity (Wildman–Crippen MR) is 50.8 cm³/mol. The van der Waals surface area contributed by atoms with E-state index in [2.05, 4.69) is 5.32 Å². The lowest BCUT2D eigenvalue weighted by molar-refractivity contribution is 0.0567. The predicted octanol–water partition coefficient (Wildman–Crippen LogP) is 1.30. The van der Waals surface area contributed by atoms with Crippen LogP contribution in [0.4, 0.5) is 0 Å². The third-order valence-corrected chi connectivity index (χ3v) is 3.28. The zero-order valence-corrected chi connectivity index (χ0v) is 8.31. The van der Waals surface area contributed by atoms with Gasteiger partial charge in [-0.1, -0.05) is 0 Å². The molecule has 3 nitrogen and oxygen atoms in total. The number of hydrogen-bond donors (Lipinski definition) is 2. The van der Waals surface area contributed by atoms with Crippen molar-refractivity contribution >= 4 is 17.2 Å². The summed E-state index contributed by atoms with van der Waals surface area (Å²) in [6.07, 6.45) is -0.597. The van der Waals surface area contributed by atoms with Gasteiger partial charge < -0.3 is 10.4 Å². The molecule has 0 aromatic carbocycles. The van der Waals surface area contributed by atoms with Gasteiger partial charge >= 0.3 is 0 Å². The van der Waals surface area contributed by atoms with Crippen molar-refractivity contribution in [2.45, 2.75) is 25.5 Å². The maximum absolute atomic E-state index is 11.5. The lowest BCUT2D eigenvalue weighted by Crippen LogP contribution is -2.51. The van der Waals surface area contributed by atoms with E-state index in [-0.39, 0.29) is 5.91 Å². The molecule has 1 aliphatic heterocycles. The van der Waals surface area contributed by atoms with E-state index in [1.165, 1.54) is 11.3 Å². The van der Waals surface area contributed by atoms with Gasteiger partial charge in [-0.3, -0.25) is 4.79 Å². The van der Waals surface area contributed by atoms with Crippen LogP contribution in [0.5, 0.6) is 0 Å². The van der Waals surface area contributed by atoms with Crippen LogP contribution in [0.15, 0.2) is 11.4 Å². The van der Waals surface area contributed by atoms with Crippen molar-refractivity contribution in [2.24, 2.45) is 0 Å². The van der Waals surface area contributed by atoms with Gasteiger partial charge in [0, 0.05) is 4.88 Å². The van der Waals surface area contributed by atoms with Crippen molar-refractivity contribution < 1.29 is 9.90 Å². The summed E-state index contributed by atoms with van der Waals surface area (Å²) in [4.78, 5) is 12.3. The van der Waals surface area contributed by atoms with Gasteiger partial charge in [0.05, 0.1) is 11.1 Å². The molecule has 1 aromatic heterocycles. The molecule has 1 aromatic rings. The number of fused-ring (bicyclic) bond motifs is 1. The van der Waals surface area contributed by atoms with Crippen LogP contribution in [0.25, 0.3) is 0 Å². The highest BCUT2D eigenvalue weighted by molar-refractivity contribution is 7.10. The molecule has 2 N–H and O–H groups in total. The summed E-state index contributed by atoms with van der Waals surface area (Å²) >= 11 is 1.43. The highest BCUT2D eigenvalue weighted by Gasteiger charge is 2.38. The number of hydrogen-bond acceptors (Lipinski definition) is 3. The molecule has 4 heteroatoms. The van der Waals surface area contributed by atoms with E-state index in [1.807, 2.05) is 19.2 Å². The van der Waals surface area contributed by atoms with Gasteiger partial charge in [0.2, 0.25) is 0 Å². The Morgan fingerprint density at radius 3 is 3.00 bits per heavy atom. The third kappa shape index (κ3) is 1.17. The summed E-state index contributed by atoms with van der Waals surface area (Å²) in [7, 11) is 0. The Hall–Kier alpha value is -0.870. The molecule has 0 aliphatic carbocycles. The van der Waals surface area contributed by atoms with Gasteiger partial charge in [0.1, 0.15) is 6.10 Å². The molecule has 2 rings (SSSR count). The molecule has 0 saturated carbocycles. The second kappa shape index (κ2) is 2.56. The monoisotopic (exact) mass is 197 g/mol. The number of nitrogens with one attached hydrogen (secondary N) is 1. The first-order valence-corrected chi connectivity index (χ1v) is 4.98. The second-order valence-corrected chi connectivity index (χ2v) is 4.72. The minimum atomic E-state index is -0.597. The Morgan fingerprint density at radius 2 is 2.31 bits per heavy atom. The molecule has 13 heavy (non-hydrogen) atoms. The summed E-state index contributed by atoms with van der Waals surface area (Å²) in [5.41, 5.74) is 0.0476. The Morgan fingerprint density at radius 1 is 1.62 bits per heavy atom. The van der Waals surface area contributed by atoms with E-state index in [1.54, 1.807) is 6.07 Å². The largest absolute Gasteiger partial charge is 0.385 e. The molecule has 1 unspecified atom stereocenters. The van der Waals surface area contributed by atoms with Gasteiger partial charge in [-0.15, -0.1) is 11.3 Å². The number of carbonyl (C=O) groups excluding carboxylic acids is 1. The highest BCUT2D eigenvalue weighted by Crippen LogP contribution is 2.35. The van der Waals surface area contributed by atoms with Crippen molar-refractivity contribution in [1.29, 1.82) is 0 Å². The van der Waals surface area contributed by atoms with Crippen molar-refractivity contribution in [1.82, 2.24) is 5.32 Å². The standard InChI is InChI=1S/C9H11NO2S/c1-9(2)7(11)6-5(3-4-13-6)8(12)10-9/h3-4,7,11H,1-2H3,(H,10,12). The van der Waals surface area contributed by atoms with Crippen molar-refractivity contribution in [2.75, 3.05) is 0 Å². The molecule has 1 atom stereocenters. The zero-order valence-electron chi connectivity index (χ0n) is 7.50. The first-order chi connectivity index (χ1) is 6.02. The minimum absolute atomic E-state index is 0.0912. The van der Waals surface area contributed by atoms with Gasteiger partial charge in [-0.2, -0.15) is 0 Å². The SMILES string of the molecule is CC1(C)NC(=O)c2ccsc2C1O. The molecule has 2 heterocycles. The highest BCUT2D eigenvalue weighted by atomic mass is 32.1. The average molecular weight is 197 g/mol. The lowest BCUT2D eigenvalue weighted by Gasteiger charge is -2.35. The first-order valence-electron chi connectivity index (χ1n) is 4.10. The maximum atomic E-state index is 11.5. The number of rotatable bonds is 0. The summed E-state index contributed by atoms with van der Waals surface area (Å²) in [5, 5.41) is 14.5. The summed E-state index contributed by atoms with van der Waals surface area (Å²) in [5.74, 6) is -0.0912. The Bertz CT molecular complexity index is 356. The quantitative estimate of drug-likeness (QED) is 0.658. The topological polar surface area (TPSA) is 49.3 Å². The fourth-order valence-corrected chi connectivity index (χ4v) is 2.54. The fraction of sp³-hybridized carbons (Fsp3) is 0.444. The molecule has 0 spiro atoms. The van der Waals surface area contributed by atoms with E-state index >= 15 is 0 Å². The van der Waals surface area contributed by atoms with Gasteiger partial charge in [-0.05, 0) is 25.3 Å². The fourth-order valence-electron chi connectivity index (χ4n) is 1.48. The van der Waals surface area contributed by atoms with Crippen LogP contribution >= 0.6 is 11.3 Å². The molecule has 1 aliphatic rings. The van der Waals surface area contributed by atoms with Crippen molar-refractivity contribution in [3.8, 4) is 0 Å². The van der Waals surface area contributed by atoms with Crippen LogP contribution in [-0.4, -0.2) is 16.6 Å². The summed E-state index contributed by atoms with van der Waals surface area (Å²) in [6, 6.07) is 1.74. The third-order valence-electron chi connectivity index (χ3n) is 2.31. The zero-order chi connectivity index (χ0) is 9.64. The molecule has 0 fully saturated rings. The number of aliphatic hydroxyl groups excluding tert-OH is 1. The average Bonchev–Trinajstić information content (AvgIpc) is 2.47. The molecule has 0 radical (unpaired) electrons. The minimum Gasteiger partial charge on any atom is -0.385 e. The Labute approximate surface area is 80.4 Å². The van der Waals surface area contributed by atoms with Gasteiger partial charge in [-0.25, -0.2) is 0 Å². The van der Waals surface area contributed by atoms with Crippen LogP contribution in [0.2, 0.25) is 0 Å². The number of thiophene rings is 1. The van der Waals surface area contributed by atoms with Gasteiger partial charge in [0.25, 0.3) is 5.91 Å². The van der Waals surface area contributed by atoms with Crippen LogP contribution in [-0.2, 0) is 0 Å². The van der Waals surface area contributed by atoms with E-state index < -0.39 is 11.6 Å². The van der Waals surface area contributed by atoms with E-state index in [9.17, 15) is 9.90 Å². The smallest absolute Gasteiger partial charge is 0.253 e. The summed E-state index contributed by atoms with van der Waals surface area (Å²) < 4.78 is 0.